The summed E-state index contributed by atoms with van der Waals surface area (Å²) in [6, 6.07) is 67.4. The smallest absolute Gasteiger partial charge is 0.119 e. The van der Waals surface area contributed by atoms with Gasteiger partial charge in [-0.2, -0.15) is 0 Å². The summed E-state index contributed by atoms with van der Waals surface area (Å²) < 4.78 is 22.1. The van der Waals surface area contributed by atoms with Crippen LogP contribution >= 0.6 is 23.2 Å². The summed E-state index contributed by atoms with van der Waals surface area (Å²) in [5.41, 5.74) is 12.1. The van der Waals surface area contributed by atoms with Crippen LogP contribution in [-0.4, -0.2) is 33.8 Å². The molecule has 8 bridgehead atoms. The zero-order chi connectivity index (χ0) is 43.7. The molecule has 0 aromatic heterocycles. The molecule has 0 amide bonds. The van der Waals surface area contributed by atoms with Crippen LogP contribution in [0.2, 0.25) is 0 Å². The largest absolute Gasteiger partial charge is 0.497 e. The molecule has 8 aromatic rings. The Morgan fingerprint density at radius 1 is 0.238 bits per heavy atom. The third kappa shape index (κ3) is 9.19. The molecule has 7 aliphatic rings. The molecular weight excluding hydrogens is 828 g/mol. The van der Waals surface area contributed by atoms with Crippen LogP contribution in [0.15, 0.2) is 194 Å². The predicted octanol–water partition coefficient (Wildman–Crippen LogP) is 15.3. The lowest BCUT2D eigenvalue weighted by Gasteiger charge is -2.31. The Bertz CT molecular complexity index is 2210. The van der Waals surface area contributed by atoms with Crippen molar-refractivity contribution in [3.05, 3.63) is 194 Å². The number of anilines is 12. The van der Waals surface area contributed by atoms with Gasteiger partial charge in [0.05, 0.1) is 33.8 Å². The van der Waals surface area contributed by atoms with Crippen molar-refractivity contribution in [3.63, 3.8) is 0 Å². The molecule has 63 heavy (non-hydrogen) atoms. The topological polar surface area (TPSA) is 49.9 Å². The first-order valence-electron chi connectivity index (χ1n) is 20.2. The lowest BCUT2D eigenvalue weighted by molar-refractivity contribution is 0.414. The van der Waals surface area contributed by atoms with Gasteiger partial charge >= 0.3 is 0 Å². The van der Waals surface area contributed by atoms with E-state index in [2.05, 4.69) is 165 Å². The van der Waals surface area contributed by atoms with Gasteiger partial charge < -0.3 is 38.5 Å². The van der Waals surface area contributed by atoms with E-state index in [0.29, 0.717) is 0 Å². The number of benzene rings is 8. The van der Waals surface area contributed by atoms with Gasteiger partial charge in [0.25, 0.3) is 0 Å². The molecule has 0 radical (unpaired) electrons. The Hall–Kier alpha value is -7.26. The Balaban J connectivity index is 0.00000177. The molecule has 0 atom stereocenters. The van der Waals surface area contributed by atoms with Crippen LogP contribution in [0.4, 0.5) is 68.2 Å². The zero-order valence-electron chi connectivity index (χ0n) is 35.4. The fraction of sp³-hybridized carbons (Fsp3) is 0.0943. The number of hydrogen-bond donors (Lipinski definition) is 0. The third-order valence-corrected chi connectivity index (χ3v) is 10.8. The highest BCUT2D eigenvalue weighted by Crippen LogP contribution is 2.44. The van der Waals surface area contributed by atoms with E-state index in [4.69, 9.17) is 42.1 Å². The number of ether oxygens (including phenoxy) is 4. The highest BCUT2D eigenvalue weighted by molar-refractivity contribution is 6.40. The van der Waals surface area contributed by atoms with Crippen molar-refractivity contribution in [2.45, 2.75) is 0 Å². The highest BCUT2D eigenvalue weighted by Gasteiger charge is 2.21. The number of alkyl halides is 2. The molecule has 7 aliphatic heterocycles. The second-order valence-corrected chi connectivity index (χ2v) is 15.1. The summed E-state index contributed by atoms with van der Waals surface area (Å²) in [4.78, 5) is 9.05. The van der Waals surface area contributed by atoms with Gasteiger partial charge in [-0.25, -0.2) is 0 Å². The molecule has 0 fully saturated rings. The zero-order valence-corrected chi connectivity index (χ0v) is 36.9. The van der Waals surface area contributed by atoms with E-state index in [1.54, 1.807) is 28.4 Å². The van der Waals surface area contributed by atoms with Gasteiger partial charge in [0.2, 0.25) is 0 Å². The minimum atomic E-state index is 0.194. The molecule has 0 saturated carbocycles. The van der Waals surface area contributed by atoms with E-state index in [-0.39, 0.29) is 5.34 Å². The molecule has 0 saturated heterocycles. The van der Waals surface area contributed by atoms with Crippen molar-refractivity contribution < 1.29 is 18.9 Å². The number of halogens is 2. The van der Waals surface area contributed by atoms with Gasteiger partial charge in [-0.05, 0) is 194 Å². The monoisotopic (exact) mass is 872 g/mol. The second-order valence-electron chi connectivity index (χ2n) is 14.3. The lowest BCUT2D eigenvalue weighted by Crippen LogP contribution is -2.14. The van der Waals surface area contributed by atoms with Crippen LogP contribution in [-0.2, 0) is 0 Å². The van der Waals surface area contributed by atoms with E-state index in [0.717, 1.165) is 91.2 Å². The number of rotatable bonds is 8. The van der Waals surface area contributed by atoms with Crippen molar-refractivity contribution in [2.24, 2.45) is 0 Å². The average molecular weight is 874 g/mol. The second kappa shape index (κ2) is 19.6. The van der Waals surface area contributed by atoms with Crippen molar-refractivity contribution in [1.29, 1.82) is 0 Å². The fourth-order valence-corrected chi connectivity index (χ4v) is 7.72. The first kappa shape index (κ1) is 42.4. The normalized spacial score (nSPS) is 11.9. The molecule has 15 rings (SSSR count). The summed E-state index contributed by atoms with van der Waals surface area (Å²) in [7, 11) is 6.75. The summed E-state index contributed by atoms with van der Waals surface area (Å²) in [5.74, 6) is 3.19. The van der Waals surface area contributed by atoms with Gasteiger partial charge in [0, 0.05) is 68.2 Å². The van der Waals surface area contributed by atoms with Crippen LogP contribution in [0.3, 0.4) is 0 Å². The number of hydrogen-bond acceptors (Lipinski definition) is 8. The maximum Gasteiger partial charge on any atom is 0.119 e. The van der Waals surface area contributed by atoms with Crippen molar-refractivity contribution in [3.8, 4) is 23.0 Å². The third-order valence-electron chi connectivity index (χ3n) is 10.8. The van der Waals surface area contributed by atoms with Crippen LogP contribution in [0.1, 0.15) is 0 Å². The molecule has 10 heteroatoms. The molecule has 316 valence electrons. The van der Waals surface area contributed by atoms with E-state index < -0.39 is 0 Å². The van der Waals surface area contributed by atoms with Crippen LogP contribution < -0.4 is 38.5 Å². The van der Waals surface area contributed by atoms with Gasteiger partial charge in [-0.15, -0.1) is 23.2 Å². The minimum absolute atomic E-state index is 0.194. The SMILES string of the molecule is COc1ccc(N2c3ccc(cc3)N(c3ccc(OC)cc3)c3ccc(cc3)N(c3ccc(OC)cc3)c3ccc(cc3)N(c3ccc(OC)cc3)c3ccc2cc3)cc1.ClCCl. The van der Waals surface area contributed by atoms with Gasteiger partial charge in [-0.3, -0.25) is 0 Å². The van der Waals surface area contributed by atoms with Gasteiger partial charge in [0.15, 0.2) is 0 Å². The molecule has 0 unspecified atom stereocenters. The quantitative estimate of drug-likeness (QED) is 0.140. The van der Waals surface area contributed by atoms with Crippen LogP contribution in [0.25, 0.3) is 0 Å². The van der Waals surface area contributed by atoms with Crippen LogP contribution in [0.5, 0.6) is 23.0 Å². The van der Waals surface area contributed by atoms with Gasteiger partial charge in [0.1, 0.15) is 23.0 Å². The van der Waals surface area contributed by atoms with E-state index >= 15 is 0 Å². The summed E-state index contributed by atoms with van der Waals surface area (Å²) in [6.07, 6.45) is 0. The minimum Gasteiger partial charge on any atom is -0.497 e. The summed E-state index contributed by atoms with van der Waals surface area (Å²) in [6.45, 7) is 0. The molecule has 0 aliphatic carbocycles. The summed E-state index contributed by atoms with van der Waals surface area (Å²) in [5, 5.41) is 0.194. The maximum atomic E-state index is 5.54. The fourth-order valence-electron chi connectivity index (χ4n) is 7.72. The van der Waals surface area contributed by atoms with Crippen molar-refractivity contribution in [2.75, 3.05) is 53.4 Å². The molecule has 8 nitrogen and oxygen atoms in total. The molecular formula is C53H46Cl2N4O4. The van der Waals surface area contributed by atoms with Crippen molar-refractivity contribution >= 4 is 91.5 Å². The first-order chi connectivity index (χ1) is 30.9. The van der Waals surface area contributed by atoms with Crippen molar-refractivity contribution in [1.82, 2.24) is 0 Å². The molecule has 8 aromatic carbocycles. The molecule has 0 N–H and O–H groups in total. The Kier molecular flexibility index (Phi) is 13.2. The number of nitrogens with zero attached hydrogens (tertiary/aromatic N) is 4. The lowest BCUT2D eigenvalue weighted by atomic mass is 10.1. The Labute approximate surface area is 379 Å². The Morgan fingerprint density at radius 2 is 0.333 bits per heavy atom. The van der Waals surface area contributed by atoms with E-state index in [9.17, 15) is 0 Å². The maximum absolute atomic E-state index is 5.54. The Morgan fingerprint density at radius 3 is 0.429 bits per heavy atom. The number of methoxy groups -OCH3 is 4. The predicted molar refractivity (Wildman–Crippen MR) is 262 cm³/mol. The summed E-state index contributed by atoms with van der Waals surface area (Å²) >= 11 is 9.53. The van der Waals surface area contributed by atoms with Gasteiger partial charge in [-0.1, -0.05) is 0 Å². The molecule has 0 spiro atoms. The highest BCUT2D eigenvalue weighted by atomic mass is 35.5. The molecule has 7 heterocycles. The van der Waals surface area contributed by atoms with Crippen LogP contribution in [0, 0.1) is 0 Å². The first-order valence-corrected chi connectivity index (χ1v) is 21.3. The average Bonchev–Trinajstić information content (AvgIpc) is 3.34. The standard InChI is InChI=1S/C52H44N4O4.CH2Cl2/c1-57-49-29-21-45(22-30-49)53-37-5-9-39(10-6-37)54(46-23-31-50(58-2)32-24-46)41-13-17-43(18-14-41)56(48-27-35-52(60-4)36-28-48)44-19-15-42(16-20-44)55(40-11-7-38(53)8-12-40)47-25-33-51(59-3)34-26-47;2-1-3/h5-36H,1-4H3;1H2. The van der Waals surface area contributed by atoms with E-state index in [1.165, 1.54) is 0 Å². The van der Waals surface area contributed by atoms with E-state index in [1.807, 2.05) is 48.5 Å².